The van der Waals surface area contributed by atoms with Crippen LogP contribution in [0.5, 0.6) is 0 Å². The van der Waals surface area contributed by atoms with Crippen molar-refractivity contribution in [3.63, 3.8) is 0 Å². The zero-order chi connectivity index (χ0) is 12.7. The number of hydrogen-bond donors (Lipinski definition) is 3. The van der Waals surface area contributed by atoms with E-state index in [1.807, 2.05) is 24.3 Å². The van der Waals surface area contributed by atoms with Gasteiger partial charge in [0, 0.05) is 10.9 Å². The Bertz CT molecular complexity index is 797. The summed E-state index contributed by atoms with van der Waals surface area (Å²) in [6.45, 7) is 0. The molecule has 2 aromatic heterocycles. The van der Waals surface area contributed by atoms with Gasteiger partial charge in [-0.1, -0.05) is 18.2 Å². The summed E-state index contributed by atoms with van der Waals surface area (Å²) in [7, 11) is 0. The van der Waals surface area contributed by atoms with Crippen molar-refractivity contribution < 1.29 is 14.3 Å². The van der Waals surface area contributed by atoms with Gasteiger partial charge in [0.25, 0.3) is 0 Å². The first-order chi connectivity index (χ1) is 8.66. The number of rotatable bonds is 2. The summed E-state index contributed by atoms with van der Waals surface area (Å²) >= 11 is 4.93. The van der Waals surface area contributed by atoms with E-state index in [4.69, 9.17) is 21.7 Å². The molecule has 0 aliphatic carbocycles. The van der Waals surface area contributed by atoms with E-state index in [2.05, 4.69) is 9.97 Å². The number of para-hydroxylation sites is 1. The zero-order valence-electron chi connectivity index (χ0n) is 9.06. The molecule has 0 saturated carbocycles. The first kappa shape index (κ1) is 10.8. The Labute approximate surface area is 106 Å². The van der Waals surface area contributed by atoms with Crippen LogP contribution in [0.2, 0.25) is 0 Å². The molecular formula is C12H8N2O3S. The molecule has 90 valence electrons. The highest BCUT2D eigenvalue weighted by atomic mass is 32.1. The lowest BCUT2D eigenvalue weighted by molar-refractivity contribution is 0.0692. The van der Waals surface area contributed by atoms with Crippen LogP contribution in [0.1, 0.15) is 10.5 Å². The van der Waals surface area contributed by atoms with Crippen molar-refractivity contribution in [1.82, 2.24) is 9.97 Å². The van der Waals surface area contributed by atoms with Crippen LogP contribution in [0.3, 0.4) is 0 Å². The highest BCUT2D eigenvalue weighted by molar-refractivity contribution is 7.71. The van der Waals surface area contributed by atoms with Gasteiger partial charge in [-0.3, -0.25) is 0 Å². The molecular weight excluding hydrogens is 252 g/mol. The van der Waals surface area contributed by atoms with Crippen molar-refractivity contribution in [2.45, 2.75) is 0 Å². The van der Waals surface area contributed by atoms with Crippen molar-refractivity contribution >= 4 is 29.2 Å². The maximum absolute atomic E-state index is 11.1. The van der Waals surface area contributed by atoms with E-state index in [-0.39, 0.29) is 10.5 Å². The Hall–Kier alpha value is -2.34. The van der Waals surface area contributed by atoms with Crippen LogP contribution in [0.25, 0.3) is 22.2 Å². The van der Waals surface area contributed by atoms with Gasteiger partial charge in [-0.2, -0.15) is 0 Å². The molecule has 5 nitrogen and oxygen atoms in total. The fraction of sp³-hybridized carbons (Fsp3) is 0. The monoisotopic (exact) mass is 260 g/mol. The summed E-state index contributed by atoms with van der Waals surface area (Å²) < 4.78 is 5.66. The fourth-order valence-corrected chi connectivity index (χ4v) is 2.12. The molecule has 0 unspecified atom stereocenters. The molecule has 2 heterocycles. The number of benzene rings is 1. The minimum absolute atomic E-state index is 0.0338. The molecule has 3 aromatic rings. The number of aromatic carboxylic acids is 1. The quantitative estimate of drug-likeness (QED) is 0.618. The number of aromatic amines is 2. The van der Waals surface area contributed by atoms with Crippen molar-refractivity contribution in [3.8, 4) is 11.3 Å². The van der Waals surface area contributed by atoms with Gasteiger partial charge in [-0.25, -0.2) is 4.79 Å². The minimum atomic E-state index is -1.07. The number of imidazole rings is 1. The minimum Gasteiger partial charge on any atom is -0.477 e. The maximum Gasteiger partial charge on any atom is 0.354 e. The molecule has 6 heteroatoms. The molecule has 0 aliphatic heterocycles. The summed E-state index contributed by atoms with van der Waals surface area (Å²) in [5.41, 5.74) is 1.84. The highest BCUT2D eigenvalue weighted by Crippen LogP contribution is 2.30. The number of fused-ring (bicyclic) bond motifs is 1. The lowest BCUT2D eigenvalue weighted by atomic mass is 10.1. The number of carbonyl (C=O) groups is 1. The van der Waals surface area contributed by atoms with Gasteiger partial charge >= 0.3 is 5.97 Å². The molecule has 0 aliphatic rings. The van der Waals surface area contributed by atoms with Crippen LogP contribution >= 0.6 is 12.2 Å². The van der Waals surface area contributed by atoms with Crippen LogP contribution in [-0.2, 0) is 0 Å². The van der Waals surface area contributed by atoms with E-state index in [1.54, 1.807) is 0 Å². The second-order valence-corrected chi connectivity index (χ2v) is 4.19. The first-order valence-corrected chi connectivity index (χ1v) is 5.60. The van der Waals surface area contributed by atoms with Crippen LogP contribution in [0.15, 0.2) is 34.9 Å². The topological polar surface area (TPSA) is 82.0 Å². The standard InChI is InChI=1S/C12H8N2O3S/c15-11(16)10-9(13-12(18)14-10)7-5-17-8-4-2-1-3-6(7)8/h1-5H,(H,15,16)(H2,13,14,18). The van der Waals surface area contributed by atoms with Crippen LogP contribution < -0.4 is 0 Å². The third-order valence-electron chi connectivity index (χ3n) is 2.69. The smallest absolute Gasteiger partial charge is 0.354 e. The molecule has 18 heavy (non-hydrogen) atoms. The van der Waals surface area contributed by atoms with Crippen molar-refractivity contribution in [3.05, 3.63) is 41.0 Å². The third-order valence-corrected chi connectivity index (χ3v) is 2.90. The van der Waals surface area contributed by atoms with Crippen LogP contribution in [0, 0.1) is 4.77 Å². The molecule has 0 radical (unpaired) electrons. The normalized spacial score (nSPS) is 10.9. The lowest BCUT2D eigenvalue weighted by Crippen LogP contribution is -1.98. The van der Waals surface area contributed by atoms with Gasteiger partial charge in [0.15, 0.2) is 10.5 Å². The van der Waals surface area contributed by atoms with E-state index in [0.29, 0.717) is 16.8 Å². The van der Waals surface area contributed by atoms with Crippen LogP contribution in [0.4, 0.5) is 0 Å². The summed E-state index contributed by atoms with van der Waals surface area (Å²) in [4.78, 5) is 16.6. The highest BCUT2D eigenvalue weighted by Gasteiger charge is 2.18. The van der Waals surface area contributed by atoms with E-state index in [0.717, 1.165) is 5.39 Å². The molecule has 3 rings (SSSR count). The Morgan fingerprint density at radius 2 is 2.06 bits per heavy atom. The molecule has 0 saturated heterocycles. The summed E-state index contributed by atoms with van der Waals surface area (Å²) in [6, 6.07) is 7.40. The Morgan fingerprint density at radius 3 is 2.83 bits per heavy atom. The van der Waals surface area contributed by atoms with Gasteiger partial charge < -0.3 is 19.5 Å². The molecule has 0 spiro atoms. The van der Waals surface area contributed by atoms with Gasteiger partial charge in [0.2, 0.25) is 0 Å². The molecule has 0 atom stereocenters. The summed E-state index contributed by atoms with van der Waals surface area (Å²) in [5.74, 6) is -1.07. The van der Waals surface area contributed by atoms with E-state index < -0.39 is 5.97 Å². The summed E-state index contributed by atoms with van der Waals surface area (Å²) in [5, 5.41) is 9.96. The van der Waals surface area contributed by atoms with E-state index in [1.165, 1.54) is 6.26 Å². The van der Waals surface area contributed by atoms with E-state index >= 15 is 0 Å². The van der Waals surface area contributed by atoms with Crippen molar-refractivity contribution in [1.29, 1.82) is 0 Å². The molecule has 3 N–H and O–H groups in total. The van der Waals surface area contributed by atoms with Crippen molar-refractivity contribution in [2.75, 3.05) is 0 Å². The average Bonchev–Trinajstić information content (AvgIpc) is 2.92. The Balaban J connectivity index is 2.33. The van der Waals surface area contributed by atoms with Gasteiger partial charge in [0.05, 0.1) is 5.69 Å². The average molecular weight is 260 g/mol. The number of carboxylic acids is 1. The molecule has 0 amide bonds. The predicted molar refractivity (Wildman–Crippen MR) is 68.1 cm³/mol. The maximum atomic E-state index is 11.1. The SMILES string of the molecule is O=C(O)c1[nH]c(=S)[nH]c1-c1coc2ccccc12. The Kier molecular flexibility index (Phi) is 2.31. The van der Waals surface area contributed by atoms with Gasteiger partial charge in [-0.15, -0.1) is 0 Å². The lowest BCUT2D eigenvalue weighted by Gasteiger charge is -1.96. The number of H-pyrrole nitrogens is 2. The zero-order valence-corrected chi connectivity index (χ0v) is 9.88. The molecule has 0 fully saturated rings. The van der Waals surface area contributed by atoms with Gasteiger partial charge in [0.1, 0.15) is 11.8 Å². The molecule has 0 bridgehead atoms. The first-order valence-electron chi connectivity index (χ1n) is 5.19. The fourth-order valence-electron chi connectivity index (χ4n) is 1.92. The Morgan fingerprint density at radius 1 is 1.28 bits per heavy atom. The number of carboxylic acid groups (broad SMARTS) is 1. The van der Waals surface area contributed by atoms with E-state index in [9.17, 15) is 4.79 Å². The second-order valence-electron chi connectivity index (χ2n) is 3.78. The third kappa shape index (κ3) is 1.54. The van der Waals surface area contributed by atoms with Crippen LogP contribution in [-0.4, -0.2) is 21.0 Å². The summed E-state index contributed by atoms with van der Waals surface area (Å²) in [6.07, 6.45) is 1.52. The number of nitrogens with one attached hydrogen (secondary N) is 2. The number of hydrogen-bond acceptors (Lipinski definition) is 3. The van der Waals surface area contributed by atoms with Gasteiger partial charge in [-0.05, 0) is 18.3 Å². The number of furan rings is 1. The van der Waals surface area contributed by atoms with Crippen molar-refractivity contribution in [2.24, 2.45) is 0 Å². The number of aromatic nitrogens is 2. The predicted octanol–water partition coefficient (Wildman–Crippen LogP) is 3.18. The second kappa shape index (κ2) is 3.85. The largest absolute Gasteiger partial charge is 0.477 e. The molecule has 1 aromatic carbocycles.